The average molecular weight is 306 g/mol. The number of aliphatic hydroxyl groups is 1. The van der Waals surface area contributed by atoms with E-state index in [1.165, 1.54) is 11.3 Å². The van der Waals surface area contributed by atoms with Gasteiger partial charge in [0.1, 0.15) is 0 Å². The molecule has 0 bridgehead atoms. The average Bonchev–Trinajstić information content (AvgIpc) is 3.03. The molecule has 2 atom stereocenters. The molecule has 4 N–H and O–H groups in total. The molecule has 112 valence electrons. The van der Waals surface area contributed by atoms with E-state index < -0.39 is 0 Å². The van der Waals surface area contributed by atoms with Gasteiger partial charge in [-0.2, -0.15) is 0 Å². The minimum atomic E-state index is -0.328. The van der Waals surface area contributed by atoms with Crippen molar-refractivity contribution < 1.29 is 9.90 Å². The molecular weight excluding hydrogens is 288 g/mol. The van der Waals surface area contributed by atoms with Crippen molar-refractivity contribution in [3.05, 3.63) is 18.2 Å². The summed E-state index contributed by atoms with van der Waals surface area (Å²) in [7, 11) is 0. The predicted octanol–water partition coefficient (Wildman–Crippen LogP) is 1.27. The summed E-state index contributed by atoms with van der Waals surface area (Å²) in [5.74, 6) is -0.101. The number of aromatic nitrogens is 1. The van der Waals surface area contributed by atoms with Crippen molar-refractivity contribution >= 4 is 38.3 Å². The maximum atomic E-state index is 12.3. The lowest BCUT2D eigenvalue weighted by atomic mass is 10.3. The van der Waals surface area contributed by atoms with Gasteiger partial charge in [-0.1, -0.05) is 11.3 Å². The molecule has 1 amide bonds. The molecule has 1 fully saturated rings. The van der Waals surface area contributed by atoms with Crippen LogP contribution in [0.2, 0.25) is 0 Å². The minimum Gasteiger partial charge on any atom is -0.399 e. The first-order valence-corrected chi connectivity index (χ1v) is 7.73. The summed E-state index contributed by atoms with van der Waals surface area (Å²) >= 11 is 1.41. The molecule has 1 aromatic carbocycles. The van der Waals surface area contributed by atoms with E-state index in [9.17, 15) is 9.90 Å². The topological polar surface area (TPSA) is 91.5 Å². The number of likely N-dealkylation sites (tertiary alicyclic amines) is 1. The molecule has 3 rings (SSSR count). The summed E-state index contributed by atoms with van der Waals surface area (Å²) in [4.78, 5) is 18.6. The van der Waals surface area contributed by atoms with Crippen LogP contribution in [0, 0.1) is 0 Å². The molecule has 0 saturated carbocycles. The van der Waals surface area contributed by atoms with Gasteiger partial charge in [0.15, 0.2) is 5.13 Å². The zero-order valence-electron chi connectivity index (χ0n) is 11.7. The number of hydrogen-bond donors (Lipinski definition) is 3. The highest BCUT2D eigenvalue weighted by atomic mass is 32.1. The predicted molar refractivity (Wildman–Crippen MR) is 84.3 cm³/mol. The molecule has 0 radical (unpaired) electrons. The number of rotatable bonds is 3. The van der Waals surface area contributed by atoms with Crippen LogP contribution >= 0.6 is 11.3 Å². The van der Waals surface area contributed by atoms with Crippen LogP contribution in [0.4, 0.5) is 10.8 Å². The largest absolute Gasteiger partial charge is 0.399 e. The molecule has 1 aliphatic heterocycles. The fourth-order valence-corrected chi connectivity index (χ4v) is 3.41. The molecule has 2 aromatic rings. The molecular formula is C14H18N4O2S. The van der Waals surface area contributed by atoms with Crippen molar-refractivity contribution in [1.82, 2.24) is 9.88 Å². The maximum absolute atomic E-state index is 12.3. The number of nitrogens with two attached hydrogens (primary N) is 1. The van der Waals surface area contributed by atoms with Gasteiger partial charge in [0.05, 0.1) is 22.4 Å². The van der Waals surface area contributed by atoms with E-state index in [2.05, 4.69) is 10.3 Å². The summed E-state index contributed by atoms with van der Waals surface area (Å²) in [5, 5.41) is 13.0. The second-order valence-electron chi connectivity index (χ2n) is 5.35. The van der Waals surface area contributed by atoms with E-state index in [0.29, 0.717) is 17.4 Å². The Kier molecular flexibility index (Phi) is 3.79. The third-order valence-electron chi connectivity index (χ3n) is 3.76. The van der Waals surface area contributed by atoms with Gasteiger partial charge < -0.3 is 16.2 Å². The van der Waals surface area contributed by atoms with Crippen LogP contribution in [0.25, 0.3) is 10.2 Å². The Morgan fingerprint density at radius 2 is 2.43 bits per heavy atom. The third-order valence-corrected chi connectivity index (χ3v) is 4.70. The van der Waals surface area contributed by atoms with Crippen LogP contribution in [-0.2, 0) is 4.79 Å². The van der Waals surface area contributed by atoms with Crippen LogP contribution in [-0.4, -0.2) is 46.1 Å². The summed E-state index contributed by atoms with van der Waals surface area (Å²) < 4.78 is 0.953. The number of fused-ring (bicyclic) bond motifs is 1. The van der Waals surface area contributed by atoms with Gasteiger partial charge in [0.2, 0.25) is 5.91 Å². The molecule has 1 saturated heterocycles. The van der Waals surface area contributed by atoms with Crippen LogP contribution < -0.4 is 11.1 Å². The van der Waals surface area contributed by atoms with E-state index in [4.69, 9.17) is 5.73 Å². The Bertz CT molecular complexity index is 672. The molecule has 2 heterocycles. The van der Waals surface area contributed by atoms with Crippen LogP contribution in [0.15, 0.2) is 18.2 Å². The lowest BCUT2D eigenvalue weighted by Gasteiger charge is -2.22. The quantitative estimate of drug-likeness (QED) is 0.743. The first-order valence-electron chi connectivity index (χ1n) is 6.92. The molecule has 0 aliphatic carbocycles. The van der Waals surface area contributed by atoms with E-state index in [1.807, 2.05) is 24.0 Å². The Morgan fingerprint density at radius 3 is 3.14 bits per heavy atom. The number of benzene rings is 1. The number of amides is 1. The Labute approximate surface area is 126 Å². The van der Waals surface area contributed by atoms with Gasteiger partial charge >= 0.3 is 0 Å². The van der Waals surface area contributed by atoms with Crippen LogP contribution in [0.1, 0.15) is 13.3 Å². The summed E-state index contributed by atoms with van der Waals surface area (Å²) in [5.41, 5.74) is 7.25. The highest BCUT2D eigenvalue weighted by Gasteiger charge is 2.28. The first kappa shape index (κ1) is 14.2. The summed E-state index contributed by atoms with van der Waals surface area (Å²) in [6, 6.07) is 5.21. The van der Waals surface area contributed by atoms with Gasteiger partial charge in [-0.3, -0.25) is 9.69 Å². The van der Waals surface area contributed by atoms with Crippen molar-refractivity contribution in [3.63, 3.8) is 0 Å². The minimum absolute atomic E-state index is 0.101. The number of β-amino-alcohol motifs (C(OH)–C–C–N with tert-alkyl or cyclic N) is 1. The van der Waals surface area contributed by atoms with E-state index >= 15 is 0 Å². The number of nitrogen functional groups attached to an aromatic ring is 1. The van der Waals surface area contributed by atoms with Crippen molar-refractivity contribution in [3.8, 4) is 0 Å². The van der Waals surface area contributed by atoms with Crippen molar-refractivity contribution in [2.24, 2.45) is 0 Å². The second-order valence-corrected chi connectivity index (χ2v) is 6.38. The standard InChI is InChI=1S/C14H18N4O2S/c1-8(18-5-4-10(19)7-18)13(20)17-14-16-11-3-2-9(15)6-12(11)21-14/h2-3,6,8,10,19H,4-5,7,15H2,1H3,(H,16,17,20). The van der Waals surface area contributed by atoms with Gasteiger partial charge in [-0.05, 0) is 31.5 Å². The molecule has 21 heavy (non-hydrogen) atoms. The lowest BCUT2D eigenvalue weighted by Crippen LogP contribution is -2.41. The molecule has 1 aliphatic rings. The normalized spacial score (nSPS) is 20.8. The number of thiazole rings is 1. The highest BCUT2D eigenvalue weighted by Crippen LogP contribution is 2.27. The molecule has 1 aromatic heterocycles. The summed E-state index contributed by atoms with van der Waals surface area (Å²) in [6.07, 6.45) is 0.392. The van der Waals surface area contributed by atoms with Crippen molar-refractivity contribution in [2.75, 3.05) is 24.1 Å². The van der Waals surface area contributed by atoms with E-state index in [-0.39, 0.29) is 18.1 Å². The Balaban J connectivity index is 1.70. The zero-order chi connectivity index (χ0) is 15.0. The number of carbonyl (C=O) groups excluding carboxylic acids is 1. The Hall–Kier alpha value is -1.70. The number of nitrogens with zero attached hydrogens (tertiary/aromatic N) is 2. The first-order chi connectivity index (χ1) is 10.0. The number of hydrogen-bond acceptors (Lipinski definition) is 6. The number of carbonyl (C=O) groups is 1. The third kappa shape index (κ3) is 2.99. The fourth-order valence-electron chi connectivity index (χ4n) is 2.49. The fraction of sp³-hybridized carbons (Fsp3) is 0.429. The number of aliphatic hydroxyl groups excluding tert-OH is 1. The van der Waals surface area contributed by atoms with Gasteiger partial charge in [0, 0.05) is 18.8 Å². The van der Waals surface area contributed by atoms with Crippen molar-refractivity contribution in [2.45, 2.75) is 25.5 Å². The molecule has 6 nitrogen and oxygen atoms in total. The molecule has 2 unspecified atom stereocenters. The van der Waals surface area contributed by atoms with Crippen LogP contribution in [0.3, 0.4) is 0 Å². The van der Waals surface area contributed by atoms with Gasteiger partial charge in [0.25, 0.3) is 0 Å². The number of anilines is 2. The van der Waals surface area contributed by atoms with Crippen LogP contribution in [0.5, 0.6) is 0 Å². The van der Waals surface area contributed by atoms with Gasteiger partial charge in [-0.25, -0.2) is 4.98 Å². The van der Waals surface area contributed by atoms with E-state index in [1.54, 1.807) is 6.07 Å². The SMILES string of the molecule is CC(C(=O)Nc1nc2ccc(N)cc2s1)N1CCC(O)C1. The van der Waals surface area contributed by atoms with E-state index in [0.717, 1.165) is 23.2 Å². The monoisotopic (exact) mass is 306 g/mol. The number of nitrogens with one attached hydrogen (secondary N) is 1. The van der Waals surface area contributed by atoms with Crippen molar-refractivity contribution in [1.29, 1.82) is 0 Å². The summed E-state index contributed by atoms with van der Waals surface area (Å²) in [6.45, 7) is 3.13. The zero-order valence-corrected chi connectivity index (χ0v) is 12.6. The molecule has 0 spiro atoms. The Morgan fingerprint density at radius 1 is 1.62 bits per heavy atom. The maximum Gasteiger partial charge on any atom is 0.243 e. The highest BCUT2D eigenvalue weighted by molar-refractivity contribution is 7.22. The van der Waals surface area contributed by atoms with Gasteiger partial charge in [-0.15, -0.1) is 0 Å². The second kappa shape index (κ2) is 5.59. The molecule has 7 heteroatoms. The lowest BCUT2D eigenvalue weighted by molar-refractivity contribution is -0.120. The smallest absolute Gasteiger partial charge is 0.243 e.